The van der Waals surface area contributed by atoms with Crippen LogP contribution in [0.25, 0.3) is 11.3 Å². The van der Waals surface area contributed by atoms with Crippen LogP contribution in [0.15, 0.2) is 24.3 Å². The Bertz CT molecular complexity index is 872. The summed E-state index contributed by atoms with van der Waals surface area (Å²) in [6.07, 6.45) is -2.80. The van der Waals surface area contributed by atoms with Crippen molar-refractivity contribution in [2.75, 3.05) is 0 Å². The van der Waals surface area contributed by atoms with Gasteiger partial charge >= 0.3 is 6.18 Å². The Balaban J connectivity index is 1.91. The Hall–Kier alpha value is -1.98. The molecule has 0 radical (unpaired) electrons. The van der Waals surface area contributed by atoms with Gasteiger partial charge in [0.25, 0.3) is 0 Å². The Morgan fingerprint density at radius 3 is 2.52 bits per heavy atom. The highest BCUT2D eigenvalue weighted by atomic mass is 19.4. The monoisotopic (exact) mass is 350 g/mol. The second-order valence-electron chi connectivity index (χ2n) is 7.84. The highest BCUT2D eigenvalue weighted by molar-refractivity contribution is 5.66. The SMILES string of the molecule is CC1(C)[C@H]2CC[C@]1(C)c1nnc(-c3cccc(F)c3C(F)(F)F)cc12. The van der Waals surface area contributed by atoms with E-state index >= 15 is 0 Å². The van der Waals surface area contributed by atoms with Crippen molar-refractivity contribution < 1.29 is 17.6 Å². The Morgan fingerprint density at radius 2 is 1.84 bits per heavy atom. The number of alkyl halides is 3. The van der Waals surface area contributed by atoms with Crippen LogP contribution in [-0.4, -0.2) is 10.2 Å². The zero-order chi connectivity index (χ0) is 18.2. The molecule has 1 aromatic heterocycles. The van der Waals surface area contributed by atoms with Gasteiger partial charge in [-0.2, -0.15) is 23.4 Å². The minimum absolute atomic E-state index is 0.0164. The number of hydrogen-bond donors (Lipinski definition) is 0. The van der Waals surface area contributed by atoms with E-state index in [9.17, 15) is 17.6 Å². The van der Waals surface area contributed by atoms with E-state index in [0.717, 1.165) is 30.2 Å². The number of rotatable bonds is 1. The standard InChI is InChI=1S/C19H18F4N2/c1-17(2)12-7-8-18(17,3)16-11(12)9-14(24-25-16)10-5-4-6-13(20)15(10)19(21,22)23/h4-6,9,12H,7-8H2,1-3H3/t12-,18+/m0/s1. The van der Waals surface area contributed by atoms with Crippen molar-refractivity contribution >= 4 is 0 Å². The summed E-state index contributed by atoms with van der Waals surface area (Å²) in [7, 11) is 0. The first-order valence-electron chi connectivity index (χ1n) is 8.31. The van der Waals surface area contributed by atoms with Gasteiger partial charge in [-0.05, 0) is 41.9 Å². The first kappa shape index (κ1) is 16.5. The zero-order valence-electron chi connectivity index (χ0n) is 14.2. The van der Waals surface area contributed by atoms with Crippen LogP contribution < -0.4 is 0 Å². The molecule has 0 amide bonds. The summed E-state index contributed by atoms with van der Waals surface area (Å²) in [5.74, 6) is -1.05. The molecule has 0 N–H and O–H groups in total. The fourth-order valence-corrected chi connectivity index (χ4v) is 4.73. The van der Waals surface area contributed by atoms with Crippen LogP contribution in [0.1, 0.15) is 56.4 Å². The highest BCUT2D eigenvalue weighted by Gasteiger charge is 2.60. The summed E-state index contributed by atoms with van der Waals surface area (Å²) in [5, 5.41) is 8.35. The second-order valence-corrected chi connectivity index (χ2v) is 7.84. The molecule has 6 heteroatoms. The molecular formula is C19H18F4N2. The lowest BCUT2D eigenvalue weighted by Gasteiger charge is -2.33. The van der Waals surface area contributed by atoms with Gasteiger partial charge in [-0.15, -0.1) is 0 Å². The van der Waals surface area contributed by atoms with E-state index in [1.54, 1.807) is 6.07 Å². The lowest BCUT2D eigenvalue weighted by Crippen LogP contribution is -2.32. The summed E-state index contributed by atoms with van der Waals surface area (Å²) in [6, 6.07) is 5.02. The number of benzene rings is 1. The average molecular weight is 350 g/mol. The molecule has 2 bridgehead atoms. The Kier molecular flexibility index (Phi) is 3.17. The van der Waals surface area contributed by atoms with Gasteiger partial charge in [-0.1, -0.05) is 32.9 Å². The largest absolute Gasteiger partial charge is 0.419 e. The summed E-state index contributed by atoms with van der Waals surface area (Å²) >= 11 is 0. The molecule has 0 aliphatic heterocycles. The third kappa shape index (κ3) is 2.02. The first-order valence-corrected chi connectivity index (χ1v) is 8.31. The van der Waals surface area contributed by atoms with Crippen molar-refractivity contribution in [3.63, 3.8) is 0 Å². The van der Waals surface area contributed by atoms with Gasteiger partial charge in [0.05, 0.1) is 11.4 Å². The van der Waals surface area contributed by atoms with Crippen LogP contribution >= 0.6 is 0 Å². The number of nitrogens with zero attached hydrogens (tertiary/aromatic N) is 2. The van der Waals surface area contributed by atoms with Crippen LogP contribution in [0.5, 0.6) is 0 Å². The topological polar surface area (TPSA) is 25.8 Å². The van der Waals surface area contributed by atoms with E-state index in [-0.39, 0.29) is 28.0 Å². The quantitative estimate of drug-likeness (QED) is 0.637. The minimum atomic E-state index is -4.79. The molecular weight excluding hydrogens is 332 g/mol. The predicted octanol–water partition coefficient (Wildman–Crippen LogP) is 5.48. The normalized spacial score (nSPS) is 26.8. The summed E-state index contributed by atoms with van der Waals surface area (Å²) in [6.45, 7) is 6.50. The molecule has 0 saturated heterocycles. The van der Waals surface area contributed by atoms with Crippen LogP contribution in [0.4, 0.5) is 17.6 Å². The maximum Gasteiger partial charge on any atom is 0.419 e. The van der Waals surface area contributed by atoms with E-state index in [1.165, 1.54) is 12.1 Å². The van der Waals surface area contributed by atoms with Crippen molar-refractivity contribution in [2.45, 2.75) is 51.1 Å². The molecule has 1 fully saturated rings. The van der Waals surface area contributed by atoms with Gasteiger partial charge in [0.2, 0.25) is 0 Å². The van der Waals surface area contributed by atoms with Crippen LogP contribution in [-0.2, 0) is 11.6 Å². The third-order valence-electron chi connectivity index (χ3n) is 6.52. The van der Waals surface area contributed by atoms with Crippen molar-refractivity contribution in [1.29, 1.82) is 0 Å². The Morgan fingerprint density at radius 1 is 1.12 bits per heavy atom. The maximum absolute atomic E-state index is 13.9. The van der Waals surface area contributed by atoms with E-state index in [0.29, 0.717) is 0 Å². The minimum Gasteiger partial charge on any atom is -0.206 e. The summed E-state index contributed by atoms with van der Waals surface area (Å²) < 4.78 is 53.8. The van der Waals surface area contributed by atoms with Gasteiger partial charge in [-0.3, -0.25) is 0 Å². The van der Waals surface area contributed by atoms with E-state index in [1.807, 2.05) is 0 Å². The van der Waals surface area contributed by atoms with Crippen LogP contribution in [0.2, 0.25) is 0 Å². The van der Waals surface area contributed by atoms with E-state index in [2.05, 4.69) is 31.0 Å². The number of hydrogen-bond acceptors (Lipinski definition) is 2. The first-order chi connectivity index (χ1) is 11.6. The third-order valence-corrected chi connectivity index (χ3v) is 6.52. The molecule has 2 nitrogen and oxygen atoms in total. The predicted molar refractivity (Wildman–Crippen MR) is 85.5 cm³/mol. The van der Waals surface area contributed by atoms with Gasteiger partial charge in [0.15, 0.2) is 0 Å². The lowest BCUT2D eigenvalue weighted by molar-refractivity contribution is -0.139. The van der Waals surface area contributed by atoms with E-state index in [4.69, 9.17) is 0 Å². The van der Waals surface area contributed by atoms with Crippen LogP contribution in [0.3, 0.4) is 0 Å². The van der Waals surface area contributed by atoms with Gasteiger partial charge in [-0.25, -0.2) is 4.39 Å². The maximum atomic E-state index is 13.9. The summed E-state index contributed by atoms with van der Waals surface area (Å²) in [5.41, 5.74) is 0.248. The molecule has 1 heterocycles. The molecule has 4 rings (SSSR count). The summed E-state index contributed by atoms with van der Waals surface area (Å²) in [4.78, 5) is 0. The number of aromatic nitrogens is 2. The van der Waals surface area contributed by atoms with Crippen molar-refractivity contribution in [1.82, 2.24) is 10.2 Å². The zero-order valence-corrected chi connectivity index (χ0v) is 14.2. The van der Waals surface area contributed by atoms with Crippen molar-refractivity contribution in [3.8, 4) is 11.3 Å². The van der Waals surface area contributed by atoms with Crippen molar-refractivity contribution in [2.24, 2.45) is 5.41 Å². The molecule has 2 aliphatic carbocycles. The molecule has 25 heavy (non-hydrogen) atoms. The molecule has 1 aromatic carbocycles. The fraction of sp³-hybridized carbons (Fsp3) is 0.474. The smallest absolute Gasteiger partial charge is 0.206 e. The average Bonchev–Trinajstić information content (AvgIpc) is 2.85. The van der Waals surface area contributed by atoms with E-state index < -0.39 is 17.6 Å². The second kappa shape index (κ2) is 4.80. The highest BCUT2D eigenvalue weighted by Crippen LogP contribution is 2.67. The van der Waals surface area contributed by atoms with Gasteiger partial charge in [0.1, 0.15) is 11.4 Å². The Labute approximate surface area is 143 Å². The van der Waals surface area contributed by atoms with Gasteiger partial charge < -0.3 is 0 Å². The molecule has 1 saturated carbocycles. The molecule has 132 valence electrons. The lowest BCUT2D eigenvalue weighted by atomic mass is 9.70. The van der Waals surface area contributed by atoms with Crippen molar-refractivity contribution in [3.05, 3.63) is 46.9 Å². The van der Waals surface area contributed by atoms with Gasteiger partial charge in [0, 0.05) is 11.0 Å². The number of fused-ring (bicyclic) bond motifs is 5. The number of halogens is 4. The molecule has 2 aromatic rings. The molecule has 0 unspecified atom stereocenters. The fourth-order valence-electron chi connectivity index (χ4n) is 4.73. The molecule has 2 atom stereocenters. The molecule has 0 spiro atoms. The van der Waals surface area contributed by atoms with Crippen LogP contribution in [0, 0.1) is 11.2 Å². The molecule has 2 aliphatic rings.